The summed E-state index contributed by atoms with van der Waals surface area (Å²) in [6.07, 6.45) is 8.15. The zero-order chi connectivity index (χ0) is 15.8. The van der Waals surface area contributed by atoms with Crippen molar-refractivity contribution in [3.63, 3.8) is 0 Å². The molecule has 22 heavy (non-hydrogen) atoms. The number of hydrogen-bond acceptors (Lipinski definition) is 7. The summed E-state index contributed by atoms with van der Waals surface area (Å²) in [6, 6.07) is 0.239. The Morgan fingerprint density at radius 3 is 2.59 bits per heavy atom. The lowest BCUT2D eigenvalue weighted by Gasteiger charge is -2.17. The van der Waals surface area contributed by atoms with Crippen LogP contribution in [0.2, 0.25) is 0 Å². The van der Waals surface area contributed by atoms with Crippen molar-refractivity contribution in [2.24, 2.45) is 0 Å². The van der Waals surface area contributed by atoms with Gasteiger partial charge in [0.2, 0.25) is 11.6 Å². The lowest BCUT2D eigenvalue weighted by atomic mass is 10.1. The SMILES string of the molecule is COCCNc1ncnc(NC2CCCCCC2)c1[N+](=O)[O-]. The molecule has 1 fully saturated rings. The second kappa shape index (κ2) is 8.47. The third-order valence-electron chi connectivity index (χ3n) is 3.80. The molecule has 1 heterocycles. The van der Waals surface area contributed by atoms with Crippen molar-refractivity contribution in [3.8, 4) is 0 Å². The van der Waals surface area contributed by atoms with Gasteiger partial charge in [0.25, 0.3) is 0 Å². The Labute approximate surface area is 129 Å². The molecule has 0 radical (unpaired) electrons. The number of nitro groups is 1. The van der Waals surface area contributed by atoms with Crippen molar-refractivity contribution in [2.75, 3.05) is 30.9 Å². The summed E-state index contributed by atoms with van der Waals surface area (Å²) in [4.78, 5) is 19.0. The van der Waals surface area contributed by atoms with Crippen LogP contribution in [0.1, 0.15) is 38.5 Å². The van der Waals surface area contributed by atoms with Crippen molar-refractivity contribution in [2.45, 2.75) is 44.6 Å². The number of aromatic nitrogens is 2. The molecule has 2 rings (SSSR count). The average molecular weight is 309 g/mol. The number of nitrogens with one attached hydrogen (secondary N) is 2. The van der Waals surface area contributed by atoms with Gasteiger partial charge in [-0.3, -0.25) is 10.1 Å². The van der Waals surface area contributed by atoms with Crippen LogP contribution >= 0.6 is 0 Å². The summed E-state index contributed by atoms with van der Waals surface area (Å²) in [6.45, 7) is 0.907. The highest BCUT2D eigenvalue weighted by Gasteiger charge is 2.25. The normalized spacial score (nSPS) is 16.0. The number of nitrogens with zero attached hydrogens (tertiary/aromatic N) is 3. The van der Waals surface area contributed by atoms with Crippen molar-refractivity contribution in [3.05, 3.63) is 16.4 Å². The lowest BCUT2D eigenvalue weighted by molar-refractivity contribution is -0.383. The zero-order valence-electron chi connectivity index (χ0n) is 12.9. The minimum absolute atomic E-state index is 0.0946. The van der Waals surface area contributed by atoms with Crippen molar-refractivity contribution in [1.82, 2.24) is 9.97 Å². The summed E-state index contributed by atoms with van der Waals surface area (Å²) in [5, 5.41) is 17.6. The molecule has 0 bridgehead atoms. The van der Waals surface area contributed by atoms with Gasteiger partial charge in [-0.25, -0.2) is 9.97 Å². The first-order chi connectivity index (χ1) is 10.7. The van der Waals surface area contributed by atoms with Gasteiger partial charge in [-0.15, -0.1) is 0 Å². The number of anilines is 2. The standard InChI is InChI=1S/C14H23N5O3/c1-22-9-8-15-13-12(19(20)21)14(17-10-16-13)18-11-6-4-2-3-5-7-11/h10-11H,2-9H2,1H3,(H2,15,16,17,18). The Bertz CT molecular complexity index is 489. The van der Waals surface area contributed by atoms with Crippen molar-refractivity contribution < 1.29 is 9.66 Å². The lowest BCUT2D eigenvalue weighted by Crippen LogP contribution is -2.21. The van der Waals surface area contributed by atoms with E-state index in [0.717, 1.165) is 25.7 Å². The largest absolute Gasteiger partial charge is 0.383 e. The van der Waals surface area contributed by atoms with E-state index in [0.29, 0.717) is 19.0 Å². The van der Waals surface area contributed by atoms with Crippen molar-refractivity contribution >= 4 is 17.3 Å². The van der Waals surface area contributed by atoms with E-state index < -0.39 is 4.92 Å². The van der Waals surface area contributed by atoms with Crippen molar-refractivity contribution in [1.29, 1.82) is 0 Å². The first-order valence-corrected chi connectivity index (χ1v) is 7.71. The second-order valence-electron chi connectivity index (χ2n) is 5.43. The van der Waals surface area contributed by atoms with Gasteiger partial charge in [0.05, 0.1) is 11.5 Å². The quantitative estimate of drug-likeness (QED) is 0.345. The van der Waals surface area contributed by atoms with Crippen LogP contribution in [0.4, 0.5) is 17.3 Å². The molecule has 0 saturated heterocycles. The molecule has 1 aliphatic rings. The van der Waals surface area contributed by atoms with Gasteiger partial charge in [0.1, 0.15) is 6.33 Å². The topological polar surface area (TPSA) is 102 Å². The number of ether oxygens (including phenoxy) is 1. The first-order valence-electron chi connectivity index (χ1n) is 7.71. The van der Waals surface area contributed by atoms with Crippen LogP contribution in [0.5, 0.6) is 0 Å². The van der Waals surface area contributed by atoms with E-state index in [1.54, 1.807) is 7.11 Å². The summed E-state index contributed by atoms with van der Waals surface area (Å²) >= 11 is 0. The molecule has 1 aromatic rings. The van der Waals surface area contributed by atoms with E-state index in [-0.39, 0.29) is 17.5 Å². The first kappa shape index (κ1) is 16.4. The van der Waals surface area contributed by atoms with E-state index >= 15 is 0 Å². The van der Waals surface area contributed by atoms with Gasteiger partial charge >= 0.3 is 5.69 Å². The number of rotatable bonds is 7. The average Bonchev–Trinajstić information content (AvgIpc) is 2.76. The summed E-state index contributed by atoms with van der Waals surface area (Å²) in [5.74, 6) is 0.528. The van der Waals surface area contributed by atoms with Gasteiger partial charge in [-0.2, -0.15) is 0 Å². The molecule has 1 aliphatic carbocycles. The highest BCUT2D eigenvalue weighted by molar-refractivity contribution is 5.69. The Morgan fingerprint density at radius 1 is 1.27 bits per heavy atom. The van der Waals surface area contributed by atoms with Gasteiger partial charge in [0, 0.05) is 19.7 Å². The van der Waals surface area contributed by atoms with Crippen LogP contribution in [0.3, 0.4) is 0 Å². The van der Waals surface area contributed by atoms with E-state index in [1.165, 1.54) is 19.2 Å². The summed E-state index contributed by atoms with van der Waals surface area (Å²) in [7, 11) is 1.58. The van der Waals surface area contributed by atoms with Gasteiger partial charge < -0.3 is 15.4 Å². The molecule has 0 amide bonds. The minimum atomic E-state index is -0.436. The smallest absolute Gasteiger partial charge is 0.353 e. The molecule has 0 aliphatic heterocycles. The molecular formula is C14H23N5O3. The molecule has 122 valence electrons. The molecule has 0 spiro atoms. The second-order valence-corrected chi connectivity index (χ2v) is 5.43. The Balaban J connectivity index is 2.14. The highest BCUT2D eigenvalue weighted by atomic mass is 16.6. The minimum Gasteiger partial charge on any atom is -0.383 e. The Kier molecular flexibility index (Phi) is 6.32. The molecule has 0 unspecified atom stereocenters. The predicted octanol–water partition coefficient (Wildman–Crippen LogP) is 2.58. The third kappa shape index (κ3) is 4.52. The summed E-state index contributed by atoms with van der Waals surface area (Å²) in [5.41, 5.74) is -0.0946. The molecule has 8 nitrogen and oxygen atoms in total. The monoisotopic (exact) mass is 309 g/mol. The molecule has 1 aromatic heterocycles. The predicted molar refractivity (Wildman–Crippen MR) is 84.2 cm³/mol. The van der Waals surface area contributed by atoms with Gasteiger partial charge in [-0.05, 0) is 12.8 Å². The van der Waals surface area contributed by atoms with E-state index in [2.05, 4.69) is 20.6 Å². The fourth-order valence-electron chi connectivity index (χ4n) is 2.68. The molecule has 8 heteroatoms. The number of hydrogen-bond donors (Lipinski definition) is 2. The number of methoxy groups -OCH3 is 1. The fourth-order valence-corrected chi connectivity index (χ4v) is 2.68. The van der Waals surface area contributed by atoms with E-state index in [4.69, 9.17) is 4.74 Å². The maximum atomic E-state index is 11.4. The maximum Gasteiger partial charge on any atom is 0.353 e. The summed E-state index contributed by atoms with van der Waals surface area (Å²) < 4.78 is 4.94. The molecular weight excluding hydrogens is 286 g/mol. The van der Waals surface area contributed by atoms with Crippen LogP contribution in [-0.4, -0.2) is 41.2 Å². The van der Waals surface area contributed by atoms with E-state index in [1.807, 2.05) is 0 Å². The Hall–Kier alpha value is -1.96. The van der Waals surface area contributed by atoms with Crippen LogP contribution < -0.4 is 10.6 Å². The molecule has 0 aromatic carbocycles. The van der Waals surface area contributed by atoms with Crippen LogP contribution in [0.15, 0.2) is 6.33 Å². The molecule has 2 N–H and O–H groups in total. The molecule has 1 saturated carbocycles. The fraction of sp³-hybridized carbons (Fsp3) is 0.714. The molecule has 0 atom stereocenters. The van der Waals surface area contributed by atoms with E-state index in [9.17, 15) is 10.1 Å². The maximum absolute atomic E-state index is 11.4. The van der Waals surface area contributed by atoms with Gasteiger partial charge in [0.15, 0.2) is 0 Å². The highest BCUT2D eigenvalue weighted by Crippen LogP contribution is 2.30. The van der Waals surface area contributed by atoms with Crippen LogP contribution in [-0.2, 0) is 4.74 Å². The zero-order valence-corrected chi connectivity index (χ0v) is 12.9. The van der Waals surface area contributed by atoms with Crippen LogP contribution in [0.25, 0.3) is 0 Å². The van der Waals surface area contributed by atoms with Crippen LogP contribution in [0, 0.1) is 10.1 Å². The third-order valence-corrected chi connectivity index (χ3v) is 3.80. The van der Waals surface area contributed by atoms with Gasteiger partial charge in [-0.1, -0.05) is 25.7 Å². The Morgan fingerprint density at radius 2 is 1.95 bits per heavy atom.